The number of thioether (sulfide) groups is 1. The monoisotopic (exact) mass is 488 g/mol. The summed E-state index contributed by atoms with van der Waals surface area (Å²) in [5, 5.41) is 12.6. The summed E-state index contributed by atoms with van der Waals surface area (Å²) in [5.74, 6) is 3.55. The van der Waals surface area contributed by atoms with Gasteiger partial charge in [-0.1, -0.05) is 47.7 Å². The molecule has 3 heterocycles. The number of anilines is 3. The van der Waals surface area contributed by atoms with Crippen molar-refractivity contribution in [2.75, 3.05) is 17.7 Å². The maximum atomic E-state index is 6.13. The molecule has 35 heavy (non-hydrogen) atoms. The van der Waals surface area contributed by atoms with Crippen molar-refractivity contribution in [3.63, 3.8) is 0 Å². The van der Waals surface area contributed by atoms with Gasteiger partial charge in [-0.2, -0.15) is 15.0 Å². The van der Waals surface area contributed by atoms with Crippen molar-refractivity contribution in [3.8, 4) is 11.5 Å². The number of benzene rings is 2. The van der Waals surface area contributed by atoms with Crippen LogP contribution in [0.25, 0.3) is 0 Å². The predicted molar refractivity (Wildman–Crippen MR) is 134 cm³/mol. The van der Waals surface area contributed by atoms with Crippen LogP contribution < -0.4 is 20.5 Å². The zero-order chi connectivity index (χ0) is 24.2. The van der Waals surface area contributed by atoms with Crippen LogP contribution in [0.4, 0.5) is 17.6 Å². The number of aromatic nitrogens is 6. The largest absolute Gasteiger partial charge is 0.485 e. The standard InChI is InChI=1S/C24H24N8O2S/c1-3-12-32-21(19-13-33-17-6-4-5-7-18(17)34-19)30-31-24(32)35-14-20-27-22(25)29-23(28-20)26-16-10-8-15(2)9-11-16/h3-11,19H,1,12-14H2,2H3,(H3,25,26,27,28,29)/t19-/m0/s1. The molecule has 0 amide bonds. The zero-order valence-corrected chi connectivity index (χ0v) is 19.9. The molecule has 0 fully saturated rings. The van der Waals surface area contributed by atoms with Crippen molar-refractivity contribution in [3.05, 3.63) is 78.4 Å². The first-order valence-electron chi connectivity index (χ1n) is 11.0. The Morgan fingerprint density at radius 3 is 2.71 bits per heavy atom. The lowest BCUT2D eigenvalue weighted by atomic mass is 10.2. The summed E-state index contributed by atoms with van der Waals surface area (Å²) in [6.07, 6.45) is 1.41. The number of ether oxygens (including phenoxy) is 2. The second-order valence-corrected chi connectivity index (χ2v) is 8.76. The Balaban J connectivity index is 1.32. The predicted octanol–water partition coefficient (Wildman–Crippen LogP) is 4.09. The molecule has 4 aromatic rings. The van der Waals surface area contributed by atoms with Crippen LogP contribution in [0, 0.1) is 6.92 Å². The summed E-state index contributed by atoms with van der Waals surface area (Å²) in [6.45, 7) is 6.76. The molecule has 0 spiro atoms. The number of allylic oxidation sites excluding steroid dienone is 1. The molecule has 0 unspecified atom stereocenters. The van der Waals surface area contributed by atoms with Crippen LogP contribution in [0.1, 0.15) is 23.3 Å². The van der Waals surface area contributed by atoms with Crippen LogP contribution in [0.3, 0.4) is 0 Å². The van der Waals surface area contributed by atoms with Crippen LogP contribution in [-0.4, -0.2) is 36.3 Å². The van der Waals surface area contributed by atoms with Gasteiger partial charge in [-0.15, -0.1) is 16.8 Å². The van der Waals surface area contributed by atoms with Crippen molar-refractivity contribution in [2.24, 2.45) is 0 Å². The molecule has 2 aromatic carbocycles. The van der Waals surface area contributed by atoms with Crippen molar-refractivity contribution < 1.29 is 9.47 Å². The lowest BCUT2D eigenvalue weighted by Gasteiger charge is -2.26. The van der Waals surface area contributed by atoms with Gasteiger partial charge >= 0.3 is 0 Å². The fraction of sp³-hybridized carbons (Fsp3) is 0.208. The molecular formula is C24H24N8O2S. The van der Waals surface area contributed by atoms with Gasteiger partial charge in [-0.3, -0.25) is 4.57 Å². The first-order valence-corrected chi connectivity index (χ1v) is 12.0. The van der Waals surface area contributed by atoms with Gasteiger partial charge in [0.15, 0.2) is 28.6 Å². The van der Waals surface area contributed by atoms with Crippen molar-refractivity contribution in [2.45, 2.75) is 30.5 Å². The molecule has 2 aromatic heterocycles. The number of nitrogens with two attached hydrogens (primary N) is 1. The fourth-order valence-electron chi connectivity index (χ4n) is 3.55. The van der Waals surface area contributed by atoms with Gasteiger partial charge in [0.1, 0.15) is 12.4 Å². The Hall–Kier alpha value is -4.12. The SMILES string of the molecule is C=CCn1c(SCc2nc(N)nc(Nc3ccc(C)cc3)n2)nnc1[C@@H]1COc2ccccc2O1. The minimum Gasteiger partial charge on any atom is -0.485 e. The normalized spacial score (nSPS) is 14.5. The third kappa shape index (κ3) is 5.19. The van der Waals surface area contributed by atoms with Gasteiger partial charge in [-0.25, -0.2) is 0 Å². The molecule has 5 rings (SSSR count). The Bertz CT molecular complexity index is 1340. The summed E-state index contributed by atoms with van der Waals surface area (Å²) in [5.41, 5.74) is 7.97. The summed E-state index contributed by atoms with van der Waals surface area (Å²) in [7, 11) is 0. The molecule has 1 atom stereocenters. The highest BCUT2D eigenvalue weighted by atomic mass is 32.2. The number of aryl methyl sites for hydroxylation is 1. The minimum absolute atomic E-state index is 0.143. The molecule has 0 saturated carbocycles. The van der Waals surface area contributed by atoms with Crippen molar-refractivity contribution in [1.29, 1.82) is 0 Å². The third-order valence-electron chi connectivity index (χ3n) is 5.19. The van der Waals surface area contributed by atoms with Gasteiger partial charge in [0, 0.05) is 12.2 Å². The average molecular weight is 489 g/mol. The number of para-hydroxylation sites is 2. The Kier molecular flexibility index (Phi) is 6.49. The van der Waals surface area contributed by atoms with Gasteiger partial charge in [0.25, 0.3) is 0 Å². The third-order valence-corrected chi connectivity index (χ3v) is 6.15. The van der Waals surface area contributed by atoms with Gasteiger partial charge in [0.05, 0.1) is 5.75 Å². The van der Waals surface area contributed by atoms with E-state index in [-0.39, 0.29) is 12.1 Å². The number of nitrogen functional groups attached to an aromatic ring is 1. The summed E-state index contributed by atoms with van der Waals surface area (Å²) >= 11 is 1.45. The molecule has 11 heteroatoms. The molecular weight excluding hydrogens is 464 g/mol. The highest BCUT2D eigenvalue weighted by Crippen LogP contribution is 2.36. The Morgan fingerprint density at radius 2 is 1.91 bits per heavy atom. The number of hydrogen-bond donors (Lipinski definition) is 2. The maximum Gasteiger partial charge on any atom is 0.232 e. The fourth-order valence-corrected chi connectivity index (χ4v) is 4.36. The van der Waals surface area contributed by atoms with E-state index in [0.717, 1.165) is 11.4 Å². The lowest BCUT2D eigenvalue weighted by Crippen LogP contribution is -2.25. The van der Waals surface area contributed by atoms with E-state index >= 15 is 0 Å². The highest BCUT2D eigenvalue weighted by molar-refractivity contribution is 7.98. The average Bonchev–Trinajstić information content (AvgIpc) is 3.26. The molecule has 3 N–H and O–H groups in total. The van der Waals surface area contributed by atoms with E-state index in [1.807, 2.05) is 60.0 Å². The molecule has 178 valence electrons. The van der Waals surface area contributed by atoms with Gasteiger partial charge in [-0.05, 0) is 31.2 Å². The van der Waals surface area contributed by atoms with Gasteiger partial charge < -0.3 is 20.5 Å². The van der Waals surface area contributed by atoms with E-state index in [2.05, 4.69) is 37.0 Å². The van der Waals surface area contributed by atoms with Crippen molar-refractivity contribution >= 4 is 29.3 Å². The number of hydrogen-bond acceptors (Lipinski definition) is 10. The van der Waals surface area contributed by atoms with Crippen LogP contribution in [0.2, 0.25) is 0 Å². The molecule has 0 saturated heterocycles. The number of nitrogens with one attached hydrogen (secondary N) is 1. The van der Waals surface area contributed by atoms with Crippen LogP contribution in [0.15, 0.2) is 66.3 Å². The number of fused-ring (bicyclic) bond motifs is 1. The smallest absolute Gasteiger partial charge is 0.232 e. The highest BCUT2D eigenvalue weighted by Gasteiger charge is 2.28. The van der Waals surface area contributed by atoms with Crippen molar-refractivity contribution in [1.82, 2.24) is 29.7 Å². The first kappa shape index (κ1) is 22.7. The van der Waals surface area contributed by atoms with E-state index in [1.165, 1.54) is 17.3 Å². The molecule has 0 aliphatic carbocycles. The van der Waals surface area contributed by atoms with E-state index in [9.17, 15) is 0 Å². The molecule has 10 nitrogen and oxygen atoms in total. The van der Waals surface area contributed by atoms with E-state index in [0.29, 0.717) is 47.4 Å². The second-order valence-electron chi connectivity index (χ2n) is 7.82. The minimum atomic E-state index is -0.384. The van der Waals surface area contributed by atoms with E-state index < -0.39 is 0 Å². The van der Waals surface area contributed by atoms with Crippen LogP contribution in [0.5, 0.6) is 11.5 Å². The summed E-state index contributed by atoms with van der Waals surface area (Å²) in [4.78, 5) is 13.0. The Morgan fingerprint density at radius 1 is 1.11 bits per heavy atom. The second kappa shape index (κ2) is 10.0. The lowest BCUT2D eigenvalue weighted by molar-refractivity contribution is 0.0821. The van der Waals surface area contributed by atoms with Crippen LogP contribution in [-0.2, 0) is 12.3 Å². The Labute approximate surface area is 206 Å². The summed E-state index contributed by atoms with van der Waals surface area (Å²) < 4.78 is 13.9. The molecule has 0 bridgehead atoms. The topological polar surface area (TPSA) is 126 Å². The molecule has 1 aliphatic heterocycles. The number of rotatable bonds is 8. The van der Waals surface area contributed by atoms with Gasteiger partial charge in [0.2, 0.25) is 11.9 Å². The summed E-state index contributed by atoms with van der Waals surface area (Å²) in [6, 6.07) is 15.5. The van der Waals surface area contributed by atoms with E-state index in [1.54, 1.807) is 6.08 Å². The first-order chi connectivity index (χ1) is 17.1. The number of nitrogens with zero attached hydrogens (tertiary/aromatic N) is 6. The molecule has 1 aliphatic rings. The van der Waals surface area contributed by atoms with E-state index in [4.69, 9.17) is 15.2 Å². The quantitative estimate of drug-likeness (QED) is 0.277. The maximum absolute atomic E-state index is 6.13. The zero-order valence-electron chi connectivity index (χ0n) is 19.1. The molecule has 0 radical (unpaired) electrons. The van der Waals surface area contributed by atoms with Crippen LogP contribution >= 0.6 is 11.8 Å².